The Morgan fingerprint density at radius 1 is 1.06 bits per heavy atom. The number of hydrogen-bond acceptors (Lipinski definition) is 3. The molecule has 0 N–H and O–H groups in total. The molecule has 0 radical (unpaired) electrons. The van der Waals surface area contributed by atoms with E-state index < -0.39 is 6.10 Å². The van der Waals surface area contributed by atoms with Crippen molar-refractivity contribution in [2.45, 2.75) is 58.6 Å². The number of fused-ring (bicyclic) bond motifs is 1. The number of halogens is 1. The summed E-state index contributed by atoms with van der Waals surface area (Å²) in [6, 6.07) is 11.9. The van der Waals surface area contributed by atoms with Gasteiger partial charge < -0.3 is 14.5 Å². The standard InChI is InChI=1S/C27H33FN2O3/c1-18(2)15-25(31)30-14-11-20-9-10-23(33-19(3)27(32)29-12-4-5-13-29)17-24(20)26(30)21-7-6-8-22(28)16-21/h6-10,16-19,26H,4-5,11-15H2,1-3H3. The van der Waals surface area contributed by atoms with E-state index in [0.29, 0.717) is 18.7 Å². The van der Waals surface area contributed by atoms with Crippen molar-refractivity contribution in [3.63, 3.8) is 0 Å². The van der Waals surface area contributed by atoms with Gasteiger partial charge in [0.05, 0.1) is 6.04 Å². The molecule has 33 heavy (non-hydrogen) atoms. The lowest BCUT2D eigenvalue weighted by molar-refractivity contribution is -0.136. The van der Waals surface area contributed by atoms with Gasteiger partial charge in [0.25, 0.3) is 5.91 Å². The monoisotopic (exact) mass is 452 g/mol. The number of ether oxygens (including phenoxy) is 1. The summed E-state index contributed by atoms with van der Waals surface area (Å²) in [5.41, 5.74) is 2.79. The molecule has 1 saturated heterocycles. The molecule has 4 rings (SSSR count). The first kappa shape index (κ1) is 23.3. The van der Waals surface area contributed by atoms with Crippen LogP contribution in [0.2, 0.25) is 0 Å². The predicted octanol–water partition coefficient (Wildman–Crippen LogP) is 4.74. The van der Waals surface area contributed by atoms with Crippen LogP contribution in [0.4, 0.5) is 4.39 Å². The second kappa shape index (κ2) is 9.94. The van der Waals surface area contributed by atoms with Crippen molar-refractivity contribution in [1.82, 2.24) is 9.80 Å². The number of hydrogen-bond donors (Lipinski definition) is 0. The third-order valence-corrected chi connectivity index (χ3v) is 6.49. The van der Waals surface area contributed by atoms with Gasteiger partial charge in [-0.15, -0.1) is 0 Å². The molecule has 2 aromatic rings. The largest absolute Gasteiger partial charge is 0.481 e. The van der Waals surface area contributed by atoms with Crippen LogP contribution in [-0.2, 0) is 16.0 Å². The smallest absolute Gasteiger partial charge is 0.263 e. The van der Waals surface area contributed by atoms with E-state index in [-0.39, 0.29) is 29.6 Å². The van der Waals surface area contributed by atoms with E-state index in [4.69, 9.17) is 4.74 Å². The maximum atomic E-state index is 14.2. The first-order valence-electron chi connectivity index (χ1n) is 12.0. The minimum Gasteiger partial charge on any atom is -0.481 e. The van der Waals surface area contributed by atoms with E-state index in [0.717, 1.165) is 49.0 Å². The average Bonchev–Trinajstić information content (AvgIpc) is 3.32. The third-order valence-electron chi connectivity index (χ3n) is 6.49. The van der Waals surface area contributed by atoms with Crippen LogP contribution in [0, 0.1) is 11.7 Å². The number of carbonyl (C=O) groups is 2. The van der Waals surface area contributed by atoms with Gasteiger partial charge in [-0.3, -0.25) is 9.59 Å². The highest BCUT2D eigenvalue weighted by molar-refractivity contribution is 5.81. The highest BCUT2D eigenvalue weighted by Crippen LogP contribution is 2.38. The Labute approximate surface area is 195 Å². The number of benzene rings is 2. The number of carbonyl (C=O) groups excluding carboxylic acids is 2. The molecule has 0 aliphatic carbocycles. The molecule has 0 bridgehead atoms. The van der Waals surface area contributed by atoms with Crippen LogP contribution in [0.25, 0.3) is 0 Å². The van der Waals surface area contributed by atoms with Crippen molar-refractivity contribution in [1.29, 1.82) is 0 Å². The molecule has 1 fully saturated rings. The summed E-state index contributed by atoms with van der Waals surface area (Å²) in [6.07, 6.45) is 2.66. The summed E-state index contributed by atoms with van der Waals surface area (Å²) in [4.78, 5) is 29.6. The minimum absolute atomic E-state index is 0.000592. The molecule has 2 aromatic carbocycles. The highest BCUT2D eigenvalue weighted by atomic mass is 19.1. The van der Waals surface area contributed by atoms with Gasteiger partial charge in [0.15, 0.2) is 6.10 Å². The average molecular weight is 453 g/mol. The van der Waals surface area contributed by atoms with Crippen molar-refractivity contribution < 1.29 is 18.7 Å². The molecule has 2 amide bonds. The molecular weight excluding hydrogens is 419 g/mol. The zero-order valence-electron chi connectivity index (χ0n) is 19.7. The first-order chi connectivity index (χ1) is 15.8. The molecule has 2 atom stereocenters. The fraction of sp³-hybridized carbons (Fsp3) is 0.481. The molecule has 176 valence electrons. The maximum absolute atomic E-state index is 14.2. The number of rotatable bonds is 6. The second-order valence-corrected chi connectivity index (χ2v) is 9.55. The molecule has 2 aliphatic rings. The molecule has 0 aromatic heterocycles. The number of amides is 2. The molecule has 5 nitrogen and oxygen atoms in total. The topological polar surface area (TPSA) is 49.9 Å². The van der Waals surface area contributed by atoms with Crippen molar-refractivity contribution >= 4 is 11.8 Å². The molecule has 0 spiro atoms. The van der Waals surface area contributed by atoms with Crippen LogP contribution in [0.1, 0.15) is 62.8 Å². The van der Waals surface area contributed by atoms with Gasteiger partial charge in [0.2, 0.25) is 5.91 Å². The van der Waals surface area contributed by atoms with E-state index >= 15 is 0 Å². The second-order valence-electron chi connectivity index (χ2n) is 9.55. The Bertz CT molecular complexity index is 1020. The summed E-state index contributed by atoms with van der Waals surface area (Å²) >= 11 is 0. The van der Waals surface area contributed by atoms with Gasteiger partial charge in [-0.2, -0.15) is 0 Å². The number of nitrogens with zero attached hydrogens (tertiary/aromatic N) is 2. The van der Waals surface area contributed by atoms with Crippen LogP contribution in [0.5, 0.6) is 5.75 Å². The van der Waals surface area contributed by atoms with Gasteiger partial charge >= 0.3 is 0 Å². The lowest BCUT2D eigenvalue weighted by Gasteiger charge is -2.38. The maximum Gasteiger partial charge on any atom is 0.263 e. The summed E-state index contributed by atoms with van der Waals surface area (Å²) in [7, 11) is 0. The SMILES string of the molecule is CC(C)CC(=O)N1CCc2ccc(OC(C)C(=O)N3CCCC3)cc2C1c1cccc(F)c1. The van der Waals surface area contributed by atoms with E-state index in [2.05, 4.69) is 0 Å². The fourth-order valence-electron chi connectivity index (χ4n) is 4.89. The van der Waals surface area contributed by atoms with Crippen molar-refractivity contribution in [3.8, 4) is 5.75 Å². The Kier molecular flexibility index (Phi) is 7.01. The van der Waals surface area contributed by atoms with Crippen LogP contribution < -0.4 is 4.74 Å². The normalized spacial score (nSPS) is 18.9. The summed E-state index contributed by atoms with van der Waals surface area (Å²) in [5, 5.41) is 0. The molecule has 0 saturated carbocycles. The zero-order chi connectivity index (χ0) is 23.5. The Morgan fingerprint density at radius 2 is 1.82 bits per heavy atom. The van der Waals surface area contributed by atoms with Crippen LogP contribution in [0.15, 0.2) is 42.5 Å². The summed E-state index contributed by atoms with van der Waals surface area (Å²) in [6.45, 7) is 7.98. The first-order valence-corrected chi connectivity index (χ1v) is 12.0. The lowest BCUT2D eigenvalue weighted by atomic mass is 9.87. The summed E-state index contributed by atoms with van der Waals surface area (Å²) < 4.78 is 20.2. The lowest BCUT2D eigenvalue weighted by Crippen LogP contribution is -2.41. The number of likely N-dealkylation sites (tertiary alicyclic amines) is 1. The fourth-order valence-corrected chi connectivity index (χ4v) is 4.89. The minimum atomic E-state index is -0.587. The van der Waals surface area contributed by atoms with Gasteiger partial charge in [-0.05, 0) is 73.1 Å². The van der Waals surface area contributed by atoms with Crippen molar-refractivity contribution in [3.05, 3.63) is 65.0 Å². The van der Waals surface area contributed by atoms with Crippen molar-refractivity contribution in [2.75, 3.05) is 19.6 Å². The van der Waals surface area contributed by atoms with E-state index in [9.17, 15) is 14.0 Å². The zero-order valence-corrected chi connectivity index (χ0v) is 19.7. The van der Waals surface area contributed by atoms with Gasteiger partial charge in [-0.1, -0.05) is 32.0 Å². The van der Waals surface area contributed by atoms with Crippen LogP contribution in [-0.4, -0.2) is 47.4 Å². The van der Waals surface area contributed by atoms with Gasteiger partial charge in [0.1, 0.15) is 11.6 Å². The molecular formula is C27H33FN2O3. The van der Waals surface area contributed by atoms with Gasteiger partial charge in [0, 0.05) is 26.1 Å². The van der Waals surface area contributed by atoms with Crippen molar-refractivity contribution in [2.24, 2.45) is 5.92 Å². The Balaban J connectivity index is 1.65. The highest BCUT2D eigenvalue weighted by Gasteiger charge is 2.33. The van der Waals surface area contributed by atoms with E-state index in [1.165, 1.54) is 12.1 Å². The third kappa shape index (κ3) is 5.21. The Morgan fingerprint density at radius 3 is 2.52 bits per heavy atom. The van der Waals surface area contributed by atoms with E-state index in [1.54, 1.807) is 13.0 Å². The van der Waals surface area contributed by atoms with Crippen LogP contribution in [0.3, 0.4) is 0 Å². The molecule has 2 aliphatic heterocycles. The van der Waals surface area contributed by atoms with Crippen LogP contribution >= 0.6 is 0 Å². The predicted molar refractivity (Wildman–Crippen MR) is 125 cm³/mol. The van der Waals surface area contributed by atoms with Gasteiger partial charge in [-0.25, -0.2) is 4.39 Å². The summed E-state index contributed by atoms with van der Waals surface area (Å²) in [5.74, 6) is 0.565. The molecule has 6 heteroatoms. The molecule has 2 unspecified atom stereocenters. The quantitative estimate of drug-likeness (QED) is 0.636. The van der Waals surface area contributed by atoms with E-state index in [1.807, 2.05) is 47.9 Å². The molecule has 2 heterocycles. The Hall–Kier alpha value is -2.89.